The van der Waals surface area contributed by atoms with Gasteiger partial charge in [-0.25, -0.2) is 9.37 Å². The van der Waals surface area contributed by atoms with Crippen molar-refractivity contribution in [2.75, 3.05) is 31.1 Å². The smallest absolute Gasteiger partial charge is 0.228 e. The molecule has 0 aliphatic carbocycles. The van der Waals surface area contributed by atoms with Gasteiger partial charge < -0.3 is 9.64 Å². The number of halogens is 1. The summed E-state index contributed by atoms with van der Waals surface area (Å²) in [6, 6.07) is 4.86. The minimum absolute atomic E-state index is 0.223. The topological polar surface area (TPSA) is 41.5 Å². The molecule has 2 aromatic rings. The summed E-state index contributed by atoms with van der Waals surface area (Å²) < 4.78 is 19.9. The zero-order valence-corrected chi connectivity index (χ0v) is 17.7. The molecule has 0 unspecified atom stereocenters. The monoisotopic (exact) mass is 398 g/mol. The summed E-state index contributed by atoms with van der Waals surface area (Å²) in [6.45, 7) is 11.1. The Labute approximate surface area is 172 Å². The largest absolute Gasteiger partial charge is 0.438 e. The molecule has 156 valence electrons. The van der Waals surface area contributed by atoms with E-state index in [-0.39, 0.29) is 5.82 Å². The third-order valence-corrected chi connectivity index (χ3v) is 5.70. The van der Waals surface area contributed by atoms with Gasteiger partial charge in [0.1, 0.15) is 11.6 Å². The average Bonchev–Trinajstić information content (AvgIpc) is 2.71. The van der Waals surface area contributed by atoms with Gasteiger partial charge in [0.05, 0.1) is 11.3 Å². The Kier molecular flexibility index (Phi) is 5.99. The van der Waals surface area contributed by atoms with Crippen LogP contribution in [0.4, 0.5) is 10.3 Å². The van der Waals surface area contributed by atoms with E-state index in [2.05, 4.69) is 23.6 Å². The van der Waals surface area contributed by atoms with Crippen LogP contribution < -0.4 is 9.64 Å². The summed E-state index contributed by atoms with van der Waals surface area (Å²) >= 11 is 0. The van der Waals surface area contributed by atoms with Crippen molar-refractivity contribution in [2.24, 2.45) is 5.92 Å². The molecule has 6 heteroatoms. The highest BCUT2D eigenvalue weighted by Gasteiger charge is 2.26. The van der Waals surface area contributed by atoms with E-state index in [0.717, 1.165) is 56.4 Å². The number of aromatic nitrogens is 2. The molecular formula is C23H31FN4O. The Hall–Kier alpha value is -2.21. The molecule has 5 nitrogen and oxygen atoms in total. The Morgan fingerprint density at radius 2 is 1.90 bits per heavy atom. The lowest BCUT2D eigenvalue weighted by atomic mass is 10.0. The second kappa shape index (κ2) is 8.66. The molecule has 0 spiro atoms. The molecule has 0 N–H and O–H groups in total. The standard InChI is InChI=1S/C23H31FN4O/c1-16(2)14-27-12-9-21-19(15-27)22(29-18-7-8-20(24)17(3)13-18)26-23(25-21)28-10-5-4-6-11-28/h7-8,13,16H,4-6,9-12,14-15H2,1-3H3. The predicted molar refractivity (Wildman–Crippen MR) is 113 cm³/mol. The van der Waals surface area contributed by atoms with E-state index >= 15 is 0 Å². The van der Waals surface area contributed by atoms with E-state index in [1.165, 1.54) is 25.3 Å². The number of anilines is 1. The van der Waals surface area contributed by atoms with Crippen LogP contribution in [-0.2, 0) is 13.0 Å². The van der Waals surface area contributed by atoms with Gasteiger partial charge in [-0.15, -0.1) is 0 Å². The van der Waals surface area contributed by atoms with Gasteiger partial charge in [-0.1, -0.05) is 13.8 Å². The molecule has 0 amide bonds. The van der Waals surface area contributed by atoms with Crippen LogP contribution in [0.15, 0.2) is 18.2 Å². The van der Waals surface area contributed by atoms with Crippen molar-refractivity contribution in [3.63, 3.8) is 0 Å². The summed E-state index contributed by atoms with van der Waals surface area (Å²) in [5.41, 5.74) is 2.73. The van der Waals surface area contributed by atoms with Crippen molar-refractivity contribution in [3.8, 4) is 11.6 Å². The van der Waals surface area contributed by atoms with Crippen molar-refractivity contribution >= 4 is 5.95 Å². The van der Waals surface area contributed by atoms with E-state index < -0.39 is 0 Å². The first kappa shape index (κ1) is 20.1. The zero-order valence-electron chi connectivity index (χ0n) is 17.7. The van der Waals surface area contributed by atoms with Gasteiger partial charge in [0, 0.05) is 39.1 Å². The second-order valence-electron chi connectivity index (χ2n) is 8.69. The van der Waals surface area contributed by atoms with Gasteiger partial charge in [-0.3, -0.25) is 4.90 Å². The summed E-state index contributed by atoms with van der Waals surface area (Å²) in [6.07, 6.45) is 4.53. The Morgan fingerprint density at radius 3 is 2.62 bits per heavy atom. The van der Waals surface area contributed by atoms with Crippen LogP contribution in [0.25, 0.3) is 0 Å². The average molecular weight is 399 g/mol. The van der Waals surface area contributed by atoms with Gasteiger partial charge in [0.15, 0.2) is 0 Å². The van der Waals surface area contributed by atoms with Crippen LogP contribution in [0, 0.1) is 18.7 Å². The molecule has 4 rings (SSSR count). The quantitative estimate of drug-likeness (QED) is 0.729. The molecule has 0 atom stereocenters. The highest BCUT2D eigenvalue weighted by atomic mass is 19.1. The van der Waals surface area contributed by atoms with E-state index in [1.54, 1.807) is 19.1 Å². The molecule has 1 fully saturated rings. The third-order valence-electron chi connectivity index (χ3n) is 5.70. The minimum Gasteiger partial charge on any atom is -0.438 e. The number of ether oxygens (including phenoxy) is 1. The van der Waals surface area contributed by atoms with Crippen molar-refractivity contribution in [1.82, 2.24) is 14.9 Å². The maximum atomic E-state index is 13.7. The van der Waals surface area contributed by atoms with E-state index in [0.29, 0.717) is 23.1 Å². The number of benzene rings is 1. The molecule has 1 aromatic heterocycles. The summed E-state index contributed by atoms with van der Waals surface area (Å²) in [4.78, 5) is 14.5. The molecule has 1 aromatic carbocycles. The number of hydrogen-bond donors (Lipinski definition) is 0. The SMILES string of the molecule is Cc1cc(Oc2nc(N3CCCCC3)nc3c2CN(CC(C)C)CC3)ccc1F. The lowest BCUT2D eigenvalue weighted by Crippen LogP contribution is -2.36. The summed E-state index contributed by atoms with van der Waals surface area (Å²) in [7, 11) is 0. The van der Waals surface area contributed by atoms with Crippen LogP contribution in [0.3, 0.4) is 0 Å². The van der Waals surface area contributed by atoms with E-state index in [1.807, 2.05) is 0 Å². The molecule has 0 radical (unpaired) electrons. The lowest BCUT2D eigenvalue weighted by Gasteiger charge is -2.32. The van der Waals surface area contributed by atoms with Crippen molar-refractivity contribution in [3.05, 3.63) is 40.8 Å². The minimum atomic E-state index is -0.223. The lowest BCUT2D eigenvalue weighted by molar-refractivity contribution is 0.220. The molecule has 0 bridgehead atoms. The van der Waals surface area contributed by atoms with Gasteiger partial charge in [-0.2, -0.15) is 4.98 Å². The van der Waals surface area contributed by atoms with Crippen molar-refractivity contribution < 1.29 is 9.13 Å². The summed E-state index contributed by atoms with van der Waals surface area (Å²) in [5, 5.41) is 0. The molecule has 0 saturated carbocycles. The molecule has 3 heterocycles. The van der Waals surface area contributed by atoms with Crippen LogP contribution in [0.1, 0.15) is 49.9 Å². The highest BCUT2D eigenvalue weighted by Crippen LogP contribution is 2.32. The Morgan fingerprint density at radius 1 is 1.10 bits per heavy atom. The molecule has 2 aliphatic rings. The highest BCUT2D eigenvalue weighted by molar-refractivity contribution is 5.44. The molecular weight excluding hydrogens is 367 g/mol. The van der Waals surface area contributed by atoms with Crippen molar-refractivity contribution in [2.45, 2.75) is 53.0 Å². The number of aryl methyl sites for hydroxylation is 1. The van der Waals surface area contributed by atoms with E-state index in [4.69, 9.17) is 14.7 Å². The number of fused-ring (bicyclic) bond motifs is 1. The fourth-order valence-electron chi connectivity index (χ4n) is 4.21. The van der Waals surface area contributed by atoms with Gasteiger partial charge in [0.2, 0.25) is 11.8 Å². The van der Waals surface area contributed by atoms with Crippen LogP contribution in [0.5, 0.6) is 11.6 Å². The number of rotatable bonds is 5. The van der Waals surface area contributed by atoms with Gasteiger partial charge in [-0.05, 0) is 55.9 Å². The van der Waals surface area contributed by atoms with Gasteiger partial charge in [0.25, 0.3) is 0 Å². The van der Waals surface area contributed by atoms with Gasteiger partial charge >= 0.3 is 0 Å². The number of nitrogens with zero attached hydrogens (tertiary/aromatic N) is 4. The maximum Gasteiger partial charge on any atom is 0.228 e. The molecule has 2 aliphatic heterocycles. The first-order chi connectivity index (χ1) is 14.0. The number of hydrogen-bond acceptors (Lipinski definition) is 5. The fraction of sp³-hybridized carbons (Fsp3) is 0.565. The van der Waals surface area contributed by atoms with Crippen LogP contribution in [-0.4, -0.2) is 41.0 Å². The van der Waals surface area contributed by atoms with Crippen molar-refractivity contribution in [1.29, 1.82) is 0 Å². The maximum absolute atomic E-state index is 13.7. The Bertz CT molecular complexity index is 864. The summed E-state index contributed by atoms with van der Waals surface area (Å²) in [5.74, 6) is 2.40. The second-order valence-corrected chi connectivity index (χ2v) is 8.69. The first-order valence-electron chi connectivity index (χ1n) is 10.8. The van der Waals surface area contributed by atoms with Crippen LogP contribution in [0.2, 0.25) is 0 Å². The molecule has 1 saturated heterocycles. The number of piperidine rings is 1. The first-order valence-corrected chi connectivity index (χ1v) is 10.8. The zero-order chi connectivity index (χ0) is 20.4. The third kappa shape index (κ3) is 4.69. The van der Waals surface area contributed by atoms with E-state index in [9.17, 15) is 4.39 Å². The normalized spacial score (nSPS) is 17.5. The fourth-order valence-corrected chi connectivity index (χ4v) is 4.21. The predicted octanol–water partition coefficient (Wildman–Crippen LogP) is 4.72. The Balaban J connectivity index is 1.68. The molecule has 29 heavy (non-hydrogen) atoms. The van der Waals surface area contributed by atoms with Crippen LogP contribution >= 0.6 is 0 Å².